The van der Waals surface area contributed by atoms with E-state index in [1.54, 1.807) is 29.5 Å². The summed E-state index contributed by atoms with van der Waals surface area (Å²) >= 11 is 7.66. The van der Waals surface area contributed by atoms with Crippen molar-refractivity contribution in [2.45, 2.75) is 24.9 Å². The third-order valence-corrected chi connectivity index (χ3v) is 4.92. The van der Waals surface area contributed by atoms with Crippen LogP contribution in [0.25, 0.3) is 0 Å². The summed E-state index contributed by atoms with van der Waals surface area (Å²) in [5.41, 5.74) is 5.92. The minimum absolute atomic E-state index is 0.232. The maximum Gasteiger partial charge on any atom is 0.253 e. The van der Waals surface area contributed by atoms with Gasteiger partial charge in [0.1, 0.15) is 0 Å². The van der Waals surface area contributed by atoms with Gasteiger partial charge in [0.2, 0.25) is 5.91 Å². The van der Waals surface area contributed by atoms with Crippen molar-refractivity contribution in [2.24, 2.45) is 5.73 Å². The van der Waals surface area contributed by atoms with E-state index in [9.17, 15) is 9.59 Å². The second kappa shape index (κ2) is 6.31. The summed E-state index contributed by atoms with van der Waals surface area (Å²) in [7, 11) is 0. The van der Waals surface area contributed by atoms with Crippen LogP contribution in [0.4, 0.5) is 5.69 Å². The van der Waals surface area contributed by atoms with E-state index in [-0.39, 0.29) is 11.8 Å². The van der Waals surface area contributed by atoms with Crippen LogP contribution in [0.15, 0.2) is 35.7 Å². The van der Waals surface area contributed by atoms with Crippen molar-refractivity contribution in [3.63, 3.8) is 0 Å². The highest BCUT2D eigenvalue weighted by Gasteiger charge is 2.45. The van der Waals surface area contributed by atoms with E-state index in [1.165, 1.54) is 0 Å². The van der Waals surface area contributed by atoms with Gasteiger partial charge in [-0.2, -0.15) is 0 Å². The minimum Gasteiger partial charge on any atom is -0.347 e. The van der Waals surface area contributed by atoms with E-state index in [0.717, 1.165) is 4.88 Å². The SMILES string of the molecule is NC1(C(=O)Nc2ccc(Cl)c(C(=O)NCc3cccs3)c2)CC1. The minimum atomic E-state index is -0.763. The number of hydrogen-bond donors (Lipinski definition) is 3. The number of nitrogens with two attached hydrogens (primary N) is 1. The first kappa shape index (κ1) is 16.0. The Kier molecular flexibility index (Phi) is 4.39. The number of carbonyl (C=O) groups excluding carboxylic acids is 2. The van der Waals surface area contributed by atoms with E-state index < -0.39 is 5.54 Å². The quantitative estimate of drug-likeness (QED) is 0.776. The number of thiophene rings is 1. The number of nitrogens with one attached hydrogen (secondary N) is 2. The molecule has 0 unspecified atom stereocenters. The molecule has 0 bridgehead atoms. The molecule has 1 fully saturated rings. The molecule has 3 rings (SSSR count). The van der Waals surface area contributed by atoms with Crippen LogP contribution in [0.1, 0.15) is 28.1 Å². The fourth-order valence-corrected chi connectivity index (χ4v) is 2.92. The Labute approximate surface area is 142 Å². The lowest BCUT2D eigenvalue weighted by atomic mass is 10.1. The Morgan fingerprint density at radius 3 is 2.74 bits per heavy atom. The van der Waals surface area contributed by atoms with Gasteiger partial charge in [0.15, 0.2) is 0 Å². The molecule has 1 saturated carbocycles. The molecule has 0 spiro atoms. The summed E-state index contributed by atoms with van der Waals surface area (Å²) in [5.74, 6) is -0.516. The van der Waals surface area contributed by atoms with Crippen molar-refractivity contribution in [1.29, 1.82) is 0 Å². The second-order valence-corrected chi connectivity index (χ2v) is 7.01. The maximum atomic E-state index is 12.3. The van der Waals surface area contributed by atoms with Gasteiger partial charge in [-0.05, 0) is 42.5 Å². The van der Waals surface area contributed by atoms with Crippen LogP contribution in [0.5, 0.6) is 0 Å². The van der Waals surface area contributed by atoms with Crippen molar-refractivity contribution in [3.8, 4) is 0 Å². The van der Waals surface area contributed by atoms with Gasteiger partial charge in [-0.3, -0.25) is 9.59 Å². The zero-order valence-corrected chi connectivity index (χ0v) is 13.8. The molecular formula is C16H16ClN3O2S. The van der Waals surface area contributed by atoms with Gasteiger partial charge in [0.25, 0.3) is 5.91 Å². The third kappa shape index (κ3) is 3.72. The molecule has 4 N–H and O–H groups in total. The zero-order chi connectivity index (χ0) is 16.4. The molecule has 1 heterocycles. The molecule has 1 aliphatic rings. The Morgan fingerprint density at radius 2 is 2.09 bits per heavy atom. The molecule has 2 amide bonds. The highest BCUT2D eigenvalue weighted by molar-refractivity contribution is 7.09. The first-order chi connectivity index (χ1) is 11.0. The average molecular weight is 350 g/mol. The molecular weight excluding hydrogens is 334 g/mol. The summed E-state index contributed by atoms with van der Waals surface area (Å²) < 4.78 is 0. The smallest absolute Gasteiger partial charge is 0.253 e. The Bertz CT molecular complexity index is 742. The molecule has 5 nitrogen and oxygen atoms in total. The molecule has 0 aliphatic heterocycles. The second-order valence-electron chi connectivity index (χ2n) is 5.57. The molecule has 0 saturated heterocycles. The fourth-order valence-electron chi connectivity index (χ4n) is 2.07. The van der Waals surface area contributed by atoms with Crippen LogP contribution in [-0.4, -0.2) is 17.4 Å². The number of hydrogen-bond acceptors (Lipinski definition) is 4. The number of anilines is 1. The van der Waals surface area contributed by atoms with Crippen LogP contribution < -0.4 is 16.4 Å². The van der Waals surface area contributed by atoms with E-state index in [4.69, 9.17) is 17.3 Å². The first-order valence-corrected chi connectivity index (χ1v) is 8.44. The van der Waals surface area contributed by atoms with Gasteiger partial charge in [0, 0.05) is 10.6 Å². The van der Waals surface area contributed by atoms with Crippen molar-refractivity contribution in [2.75, 3.05) is 5.32 Å². The number of carbonyl (C=O) groups is 2. The van der Waals surface area contributed by atoms with Crippen LogP contribution >= 0.6 is 22.9 Å². The maximum absolute atomic E-state index is 12.3. The lowest BCUT2D eigenvalue weighted by Crippen LogP contribution is -2.37. The third-order valence-electron chi connectivity index (χ3n) is 3.71. The predicted molar refractivity (Wildman–Crippen MR) is 91.7 cm³/mol. The van der Waals surface area contributed by atoms with Crippen LogP contribution in [-0.2, 0) is 11.3 Å². The van der Waals surface area contributed by atoms with Crippen LogP contribution in [0.2, 0.25) is 5.02 Å². The first-order valence-electron chi connectivity index (χ1n) is 7.18. The summed E-state index contributed by atoms with van der Waals surface area (Å²) in [6, 6.07) is 8.68. The Morgan fingerprint density at radius 1 is 1.30 bits per heavy atom. The largest absolute Gasteiger partial charge is 0.347 e. The molecule has 7 heteroatoms. The van der Waals surface area contributed by atoms with Gasteiger partial charge in [0.05, 0.1) is 22.7 Å². The highest BCUT2D eigenvalue weighted by atomic mass is 35.5. The Hall–Kier alpha value is -1.89. The summed E-state index contributed by atoms with van der Waals surface area (Å²) in [6.07, 6.45) is 1.36. The van der Waals surface area contributed by atoms with Crippen molar-refractivity contribution in [1.82, 2.24) is 5.32 Å². The lowest BCUT2D eigenvalue weighted by Gasteiger charge is -2.12. The van der Waals surface area contributed by atoms with Crippen LogP contribution in [0.3, 0.4) is 0 Å². The topological polar surface area (TPSA) is 84.2 Å². The van der Waals surface area contributed by atoms with E-state index >= 15 is 0 Å². The van der Waals surface area contributed by atoms with Crippen molar-refractivity contribution < 1.29 is 9.59 Å². The van der Waals surface area contributed by atoms with Gasteiger partial charge >= 0.3 is 0 Å². The zero-order valence-electron chi connectivity index (χ0n) is 12.3. The predicted octanol–water partition coefficient (Wildman–Crippen LogP) is 2.76. The van der Waals surface area contributed by atoms with E-state index in [0.29, 0.717) is 35.7 Å². The number of halogens is 1. The van der Waals surface area contributed by atoms with Gasteiger partial charge in [-0.1, -0.05) is 17.7 Å². The standard InChI is InChI=1S/C16H16ClN3O2S/c17-13-4-3-10(20-15(22)16(18)5-6-16)8-12(13)14(21)19-9-11-2-1-7-23-11/h1-4,7-8H,5-6,9,18H2,(H,19,21)(H,20,22). The monoisotopic (exact) mass is 349 g/mol. The average Bonchev–Trinajstić information content (AvgIpc) is 3.08. The Balaban J connectivity index is 1.69. The van der Waals surface area contributed by atoms with Gasteiger partial charge < -0.3 is 16.4 Å². The molecule has 2 aromatic rings. The molecule has 120 valence electrons. The summed E-state index contributed by atoms with van der Waals surface area (Å²) in [5, 5.41) is 7.83. The molecule has 1 aromatic heterocycles. The normalized spacial score (nSPS) is 15.0. The molecule has 23 heavy (non-hydrogen) atoms. The van der Waals surface area contributed by atoms with E-state index in [2.05, 4.69) is 10.6 Å². The number of amides is 2. The van der Waals surface area contributed by atoms with Crippen molar-refractivity contribution >= 4 is 40.4 Å². The van der Waals surface area contributed by atoms with Gasteiger partial charge in [-0.25, -0.2) is 0 Å². The lowest BCUT2D eigenvalue weighted by molar-refractivity contribution is -0.118. The van der Waals surface area contributed by atoms with Crippen molar-refractivity contribution in [3.05, 3.63) is 51.2 Å². The molecule has 0 radical (unpaired) electrons. The van der Waals surface area contributed by atoms with Gasteiger partial charge in [-0.15, -0.1) is 11.3 Å². The van der Waals surface area contributed by atoms with E-state index in [1.807, 2.05) is 17.5 Å². The fraction of sp³-hybridized carbons (Fsp3) is 0.250. The highest BCUT2D eigenvalue weighted by Crippen LogP contribution is 2.33. The van der Waals surface area contributed by atoms with Crippen LogP contribution in [0, 0.1) is 0 Å². The molecule has 1 aliphatic carbocycles. The molecule has 0 atom stereocenters. The summed E-state index contributed by atoms with van der Waals surface area (Å²) in [6.45, 7) is 0.440. The number of rotatable bonds is 5. The number of benzene rings is 1. The molecule has 1 aromatic carbocycles. The summed E-state index contributed by atoms with van der Waals surface area (Å²) in [4.78, 5) is 25.3.